The van der Waals surface area contributed by atoms with Crippen LogP contribution in [0.1, 0.15) is 12.2 Å². The van der Waals surface area contributed by atoms with Crippen LogP contribution in [0.2, 0.25) is 0 Å². The Balaban J connectivity index is 1.52. The Morgan fingerprint density at radius 3 is 2.65 bits per heavy atom. The van der Waals surface area contributed by atoms with Gasteiger partial charge in [-0.05, 0) is 36.4 Å². The smallest absolute Gasteiger partial charge is 0.243 e. The minimum atomic E-state index is -0.577. The molecular formula is C23H21N3O4S. The highest BCUT2D eigenvalue weighted by Crippen LogP contribution is 2.33. The fraction of sp³-hybridized carbons (Fsp3) is 0.174. The minimum absolute atomic E-state index is 0.0179. The van der Waals surface area contributed by atoms with Crippen molar-refractivity contribution in [2.24, 2.45) is 4.99 Å². The summed E-state index contributed by atoms with van der Waals surface area (Å²) in [5.41, 5.74) is 1.30. The predicted octanol–water partition coefficient (Wildman–Crippen LogP) is 4.45. The third kappa shape index (κ3) is 4.97. The quantitative estimate of drug-likeness (QED) is 0.593. The molecule has 0 spiro atoms. The van der Waals surface area contributed by atoms with Gasteiger partial charge in [-0.3, -0.25) is 14.5 Å². The van der Waals surface area contributed by atoms with E-state index in [0.717, 1.165) is 5.69 Å². The number of amides is 2. The molecule has 1 saturated heterocycles. The van der Waals surface area contributed by atoms with Gasteiger partial charge in [0.15, 0.2) is 5.17 Å². The molecule has 158 valence electrons. The molecule has 1 atom stereocenters. The van der Waals surface area contributed by atoms with Gasteiger partial charge in [0.05, 0.1) is 31.3 Å². The van der Waals surface area contributed by atoms with Crippen molar-refractivity contribution in [2.45, 2.75) is 18.2 Å². The summed E-state index contributed by atoms with van der Waals surface area (Å²) < 4.78 is 10.7. The highest BCUT2D eigenvalue weighted by molar-refractivity contribution is 8.15. The fourth-order valence-corrected chi connectivity index (χ4v) is 4.32. The Kier molecular flexibility index (Phi) is 6.37. The number of nitrogens with one attached hydrogen (secondary N) is 1. The Labute approximate surface area is 184 Å². The van der Waals surface area contributed by atoms with E-state index in [1.807, 2.05) is 42.5 Å². The van der Waals surface area contributed by atoms with Crippen LogP contribution >= 0.6 is 11.8 Å². The number of nitrogens with zero attached hydrogens (tertiary/aromatic N) is 2. The van der Waals surface area contributed by atoms with E-state index in [1.165, 1.54) is 11.8 Å². The van der Waals surface area contributed by atoms with Crippen molar-refractivity contribution in [3.8, 4) is 5.75 Å². The van der Waals surface area contributed by atoms with Crippen LogP contribution in [-0.2, 0) is 16.1 Å². The Hall–Kier alpha value is -3.52. The summed E-state index contributed by atoms with van der Waals surface area (Å²) in [6.07, 6.45) is 1.58. The first-order valence-corrected chi connectivity index (χ1v) is 10.6. The number of aliphatic imine (C=N–C) groups is 1. The molecule has 0 saturated carbocycles. The van der Waals surface area contributed by atoms with Crippen molar-refractivity contribution in [1.29, 1.82) is 0 Å². The number of furan rings is 1. The van der Waals surface area contributed by atoms with Crippen LogP contribution in [-0.4, -0.2) is 34.2 Å². The van der Waals surface area contributed by atoms with E-state index in [9.17, 15) is 9.59 Å². The van der Waals surface area contributed by atoms with Crippen molar-refractivity contribution >= 4 is 40.1 Å². The number of carbonyl (C=O) groups excluding carboxylic acids is 2. The molecule has 0 aliphatic carbocycles. The van der Waals surface area contributed by atoms with Crippen LogP contribution in [0.25, 0.3) is 0 Å². The van der Waals surface area contributed by atoms with Crippen molar-refractivity contribution in [2.75, 3.05) is 12.4 Å². The summed E-state index contributed by atoms with van der Waals surface area (Å²) in [5, 5.41) is 2.79. The van der Waals surface area contributed by atoms with Crippen LogP contribution in [0.15, 0.2) is 82.4 Å². The van der Waals surface area contributed by atoms with E-state index in [4.69, 9.17) is 9.15 Å². The standard InChI is InChI=1S/C23H21N3O4S/c1-29-19-12-6-5-11-18(19)25-21(27)14-20-22(28)26(15-17-10-7-13-30-17)23(31-20)24-16-8-3-2-4-9-16/h2-13,20H,14-15H2,1H3,(H,25,27). The average molecular weight is 436 g/mol. The van der Waals surface area contributed by atoms with Gasteiger partial charge in [0.25, 0.3) is 0 Å². The van der Waals surface area contributed by atoms with Gasteiger partial charge in [0.1, 0.15) is 16.8 Å². The summed E-state index contributed by atoms with van der Waals surface area (Å²) in [4.78, 5) is 32.0. The first kappa shape index (κ1) is 20.7. The summed E-state index contributed by atoms with van der Waals surface area (Å²) >= 11 is 1.29. The number of hydrogen-bond acceptors (Lipinski definition) is 6. The number of rotatable bonds is 7. The molecule has 2 heterocycles. The number of benzene rings is 2. The topological polar surface area (TPSA) is 84.1 Å². The molecule has 3 aromatic rings. The van der Waals surface area contributed by atoms with Crippen molar-refractivity contribution in [3.05, 3.63) is 78.8 Å². The number of amidine groups is 1. The molecule has 0 radical (unpaired) electrons. The van der Waals surface area contributed by atoms with Gasteiger partial charge in [-0.15, -0.1) is 0 Å². The van der Waals surface area contributed by atoms with Crippen LogP contribution in [0.4, 0.5) is 11.4 Å². The van der Waals surface area contributed by atoms with Gasteiger partial charge < -0.3 is 14.5 Å². The Morgan fingerprint density at radius 1 is 1.13 bits per heavy atom. The third-order valence-electron chi connectivity index (χ3n) is 4.65. The van der Waals surface area contributed by atoms with Crippen molar-refractivity contribution in [3.63, 3.8) is 0 Å². The van der Waals surface area contributed by atoms with Crippen LogP contribution in [0.3, 0.4) is 0 Å². The second-order valence-electron chi connectivity index (χ2n) is 6.79. The van der Waals surface area contributed by atoms with Gasteiger partial charge in [0.2, 0.25) is 11.8 Å². The summed E-state index contributed by atoms with van der Waals surface area (Å²) in [6.45, 7) is 0.259. The monoisotopic (exact) mass is 435 g/mol. The molecule has 1 N–H and O–H groups in total. The van der Waals surface area contributed by atoms with Gasteiger partial charge >= 0.3 is 0 Å². The first-order chi connectivity index (χ1) is 15.1. The zero-order valence-electron chi connectivity index (χ0n) is 16.9. The second kappa shape index (κ2) is 9.53. The molecule has 0 bridgehead atoms. The maximum Gasteiger partial charge on any atom is 0.243 e. The molecule has 31 heavy (non-hydrogen) atoms. The number of hydrogen-bond donors (Lipinski definition) is 1. The zero-order chi connectivity index (χ0) is 21.6. The minimum Gasteiger partial charge on any atom is -0.495 e. The number of thioether (sulfide) groups is 1. The van der Waals surface area contributed by atoms with Crippen LogP contribution < -0.4 is 10.1 Å². The summed E-state index contributed by atoms with van der Waals surface area (Å²) in [5.74, 6) is 0.765. The first-order valence-electron chi connectivity index (χ1n) is 9.71. The fourth-order valence-electron chi connectivity index (χ4n) is 3.16. The lowest BCUT2D eigenvalue weighted by Crippen LogP contribution is -2.33. The lowest BCUT2D eigenvalue weighted by Gasteiger charge is -2.15. The van der Waals surface area contributed by atoms with Crippen LogP contribution in [0.5, 0.6) is 5.75 Å². The van der Waals surface area contributed by atoms with Crippen molar-refractivity contribution in [1.82, 2.24) is 4.90 Å². The maximum absolute atomic E-state index is 13.1. The molecule has 8 heteroatoms. The lowest BCUT2D eigenvalue weighted by molar-refractivity contribution is -0.128. The number of ether oxygens (including phenoxy) is 1. The normalized spacial score (nSPS) is 17.2. The Morgan fingerprint density at radius 2 is 1.90 bits per heavy atom. The summed E-state index contributed by atoms with van der Waals surface area (Å²) in [7, 11) is 1.54. The van der Waals surface area contributed by atoms with Crippen LogP contribution in [0, 0.1) is 0 Å². The van der Waals surface area contributed by atoms with E-state index in [0.29, 0.717) is 22.4 Å². The molecule has 1 aliphatic rings. The largest absolute Gasteiger partial charge is 0.495 e. The molecule has 2 amide bonds. The molecule has 1 fully saturated rings. The van der Waals surface area contributed by atoms with E-state index < -0.39 is 5.25 Å². The van der Waals surface area contributed by atoms with E-state index in [1.54, 1.807) is 42.5 Å². The zero-order valence-corrected chi connectivity index (χ0v) is 17.7. The predicted molar refractivity (Wildman–Crippen MR) is 120 cm³/mol. The van der Waals surface area contributed by atoms with Gasteiger partial charge in [-0.25, -0.2) is 4.99 Å². The lowest BCUT2D eigenvalue weighted by atomic mass is 10.2. The SMILES string of the molecule is COc1ccccc1NC(=O)CC1SC(=Nc2ccccc2)N(Cc2ccco2)C1=O. The van der Waals surface area contributed by atoms with E-state index >= 15 is 0 Å². The van der Waals surface area contributed by atoms with Gasteiger partial charge in [-0.1, -0.05) is 42.1 Å². The Bertz CT molecular complexity index is 1080. The van der Waals surface area contributed by atoms with Gasteiger partial charge in [0, 0.05) is 6.42 Å². The molecule has 2 aromatic carbocycles. The highest BCUT2D eigenvalue weighted by Gasteiger charge is 2.39. The van der Waals surface area contributed by atoms with Crippen molar-refractivity contribution < 1.29 is 18.7 Å². The maximum atomic E-state index is 13.1. The van der Waals surface area contributed by atoms with Gasteiger partial charge in [-0.2, -0.15) is 0 Å². The number of para-hydroxylation sites is 3. The second-order valence-corrected chi connectivity index (χ2v) is 7.96. The highest BCUT2D eigenvalue weighted by atomic mass is 32.2. The molecular weight excluding hydrogens is 414 g/mol. The number of methoxy groups -OCH3 is 1. The third-order valence-corrected chi connectivity index (χ3v) is 5.82. The number of anilines is 1. The summed E-state index contributed by atoms with van der Waals surface area (Å²) in [6, 6.07) is 20.1. The molecule has 4 rings (SSSR count). The molecule has 1 unspecified atom stereocenters. The average Bonchev–Trinajstić information content (AvgIpc) is 3.39. The van der Waals surface area contributed by atoms with E-state index in [-0.39, 0.29) is 24.8 Å². The molecule has 1 aliphatic heterocycles. The number of carbonyl (C=O) groups is 2. The van der Waals surface area contributed by atoms with E-state index in [2.05, 4.69) is 10.3 Å². The molecule has 1 aromatic heterocycles. The molecule has 7 nitrogen and oxygen atoms in total.